The topological polar surface area (TPSA) is 57.4 Å². The zero-order valence-corrected chi connectivity index (χ0v) is 18.6. The fourth-order valence-electron chi connectivity index (χ4n) is 4.84. The Hall–Kier alpha value is -3.86. The third-order valence-corrected chi connectivity index (χ3v) is 6.67. The molecule has 0 bridgehead atoms. The van der Waals surface area contributed by atoms with Gasteiger partial charge in [-0.2, -0.15) is 0 Å². The molecule has 0 spiro atoms. The summed E-state index contributed by atoms with van der Waals surface area (Å²) in [5.74, 6) is 0. The molecule has 4 nitrogen and oxygen atoms in total. The first-order valence-electron chi connectivity index (χ1n) is 11.3. The van der Waals surface area contributed by atoms with Gasteiger partial charge in [0.1, 0.15) is 18.2 Å². The van der Waals surface area contributed by atoms with Crippen molar-refractivity contribution in [3.05, 3.63) is 143 Å². The van der Waals surface area contributed by atoms with Gasteiger partial charge in [0.15, 0.2) is 0 Å². The Kier molecular flexibility index (Phi) is 5.93. The van der Waals surface area contributed by atoms with Crippen LogP contribution in [0.2, 0.25) is 0 Å². The fourth-order valence-corrected chi connectivity index (χ4v) is 4.84. The maximum absolute atomic E-state index is 12.3. The SMILES string of the molecule is O=Cc1ccc(C(O)(c2ccc(C=O)cc2)[C@@H]2CN2C(c2ccccc2)c2ccccc2)cc1. The number of aliphatic hydroxyl groups is 1. The van der Waals surface area contributed by atoms with Crippen LogP contribution in [0, 0.1) is 0 Å². The van der Waals surface area contributed by atoms with Crippen LogP contribution in [0.25, 0.3) is 0 Å². The highest BCUT2D eigenvalue weighted by molar-refractivity contribution is 5.75. The van der Waals surface area contributed by atoms with E-state index < -0.39 is 5.60 Å². The van der Waals surface area contributed by atoms with Crippen LogP contribution in [0.4, 0.5) is 0 Å². The molecular formula is C30H25NO3. The number of hydrogen-bond acceptors (Lipinski definition) is 4. The Morgan fingerprint density at radius 3 is 1.47 bits per heavy atom. The quantitative estimate of drug-likeness (QED) is 0.304. The second kappa shape index (κ2) is 9.18. The summed E-state index contributed by atoms with van der Waals surface area (Å²) < 4.78 is 0. The van der Waals surface area contributed by atoms with Gasteiger partial charge in [-0.15, -0.1) is 0 Å². The molecule has 4 aromatic rings. The number of hydrogen-bond donors (Lipinski definition) is 1. The summed E-state index contributed by atoms with van der Waals surface area (Å²) in [6.45, 7) is 0.690. The summed E-state index contributed by atoms with van der Waals surface area (Å²) in [6, 6.07) is 34.6. The molecule has 4 aromatic carbocycles. The number of rotatable bonds is 8. The highest BCUT2D eigenvalue weighted by Gasteiger charge is 2.55. The molecule has 0 saturated carbocycles. The van der Waals surface area contributed by atoms with Gasteiger partial charge in [0.25, 0.3) is 0 Å². The highest BCUT2D eigenvalue weighted by atomic mass is 16.3. The lowest BCUT2D eigenvalue weighted by molar-refractivity contribution is 0.0612. The molecule has 1 aliphatic heterocycles. The van der Waals surface area contributed by atoms with E-state index in [0.717, 1.165) is 23.7 Å². The Balaban J connectivity index is 1.59. The number of carbonyl (C=O) groups excluding carboxylic acids is 2. The van der Waals surface area contributed by atoms with Gasteiger partial charge in [-0.1, -0.05) is 109 Å². The molecule has 1 fully saturated rings. The lowest BCUT2D eigenvalue weighted by atomic mass is 9.82. The number of aldehydes is 2. The first-order chi connectivity index (χ1) is 16.6. The van der Waals surface area contributed by atoms with Gasteiger partial charge in [-0.3, -0.25) is 14.5 Å². The van der Waals surface area contributed by atoms with Crippen molar-refractivity contribution < 1.29 is 14.7 Å². The van der Waals surface area contributed by atoms with E-state index in [9.17, 15) is 14.7 Å². The Morgan fingerprint density at radius 2 is 1.09 bits per heavy atom. The van der Waals surface area contributed by atoms with E-state index in [1.54, 1.807) is 24.3 Å². The largest absolute Gasteiger partial charge is 0.379 e. The van der Waals surface area contributed by atoms with Gasteiger partial charge in [-0.25, -0.2) is 0 Å². The summed E-state index contributed by atoms with van der Waals surface area (Å²) in [5, 5.41) is 12.3. The summed E-state index contributed by atoms with van der Waals surface area (Å²) in [7, 11) is 0. The van der Waals surface area contributed by atoms with Crippen molar-refractivity contribution >= 4 is 12.6 Å². The van der Waals surface area contributed by atoms with Gasteiger partial charge < -0.3 is 5.11 Å². The van der Waals surface area contributed by atoms with Crippen LogP contribution in [0.3, 0.4) is 0 Å². The van der Waals surface area contributed by atoms with Crippen molar-refractivity contribution in [2.45, 2.75) is 17.7 Å². The third kappa shape index (κ3) is 3.98. The molecule has 34 heavy (non-hydrogen) atoms. The average molecular weight is 448 g/mol. The highest BCUT2D eigenvalue weighted by Crippen LogP contribution is 2.48. The maximum atomic E-state index is 12.3. The fraction of sp³-hybridized carbons (Fsp3) is 0.133. The van der Waals surface area contributed by atoms with E-state index in [1.807, 2.05) is 60.7 Å². The molecule has 4 heteroatoms. The minimum Gasteiger partial charge on any atom is -0.379 e. The van der Waals surface area contributed by atoms with E-state index in [-0.39, 0.29) is 12.1 Å². The predicted molar refractivity (Wildman–Crippen MR) is 132 cm³/mol. The van der Waals surface area contributed by atoms with Crippen molar-refractivity contribution in [2.75, 3.05) is 6.54 Å². The van der Waals surface area contributed by atoms with Crippen molar-refractivity contribution in [3.63, 3.8) is 0 Å². The van der Waals surface area contributed by atoms with Gasteiger partial charge in [-0.05, 0) is 22.3 Å². The predicted octanol–water partition coefficient (Wildman–Crippen LogP) is 5.02. The first-order valence-corrected chi connectivity index (χ1v) is 11.3. The first kappa shape index (κ1) is 22.0. The number of carbonyl (C=O) groups is 2. The van der Waals surface area contributed by atoms with Crippen LogP contribution in [-0.4, -0.2) is 35.2 Å². The van der Waals surface area contributed by atoms with E-state index >= 15 is 0 Å². The minimum atomic E-state index is -1.31. The standard InChI is InChI=1S/C30H25NO3/c32-20-22-11-15-26(16-12-22)30(34,27-17-13-23(21-33)14-18-27)28-19-31(28)29(24-7-3-1-4-8-24)25-9-5-2-6-10-25/h1-18,20-21,28-29,34H,19H2/t28-,31?/m0/s1. The molecule has 1 heterocycles. The second-order valence-electron chi connectivity index (χ2n) is 8.68. The van der Waals surface area contributed by atoms with Crippen molar-refractivity contribution in [1.29, 1.82) is 0 Å². The van der Waals surface area contributed by atoms with E-state index in [2.05, 4.69) is 29.2 Å². The molecule has 1 saturated heterocycles. The zero-order chi connectivity index (χ0) is 23.5. The maximum Gasteiger partial charge on any atom is 0.150 e. The van der Waals surface area contributed by atoms with Crippen LogP contribution in [0.15, 0.2) is 109 Å². The lowest BCUT2D eigenvalue weighted by Gasteiger charge is -2.32. The molecule has 2 atom stereocenters. The molecular weight excluding hydrogens is 422 g/mol. The second-order valence-corrected chi connectivity index (χ2v) is 8.68. The van der Waals surface area contributed by atoms with Crippen LogP contribution in [0.1, 0.15) is 49.0 Å². The van der Waals surface area contributed by atoms with Crippen LogP contribution >= 0.6 is 0 Å². The van der Waals surface area contributed by atoms with Gasteiger partial charge >= 0.3 is 0 Å². The van der Waals surface area contributed by atoms with Gasteiger partial charge in [0, 0.05) is 17.7 Å². The third-order valence-electron chi connectivity index (χ3n) is 6.67. The van der Waals surface area contributed by atoms with Crippen molar-refractivity contribution in [1.82, 2.24) is 4.90 Å². The van der Waals surface area contributed by atoms with Gasteiger partial charge in [0.05, 0.1) is 12.1 Å². The molecule has 0 amide bonds. The smallest absolute Gasteiger partial charge is 0.150 e. The van der Waals surface area contributed by atoms with Crippen LogP contribution in [0.5, 0.6) is 0 Å². The summed E-state index contributed by atoms with van der Waals surface area (Å²) in [6.07, 6.45) is 1.60. The molecule has 0 aromatic heterocycles. The van der Waals surface area contributed by atoms with E-state index in [1.165, 1.54) is 0 Å². The molecule has 0 aliphatic carbocycles. The summed E-state index contributed by atoms with van der Waals surface area (Å²) in [4.78, 5) is 24.7. The van der Waals surface area contributed by atoms with E-state index in [4.69, 9.17) is 0 Å². The summed E-state index contributed by atoms with van der Waals surface area (Å²) >= 11 is 0. The van der Waals surface area contributed by atoms with Crippen molar-refractivity contribution in [2.24, 2.45) is 0 Å². The minimum absolute atomic E-state index is 0.0116. The Labute approximate surface area is 199 Å². The van der Waals surface area contributed by atoms with E-state index in [0.29, 0.717) is 28.8 Å². The number of nitrogens with zero attached hydrogens (tertiary/aromatic N) is 1. The normalized spacial score (nSPS) is 17.4. The van der Waals surface area contributed by atoms with Crippen LogP contribution < -0.4 is 0 Å². The average Bonchev–Trinajstić information content (AvgIpc) is 3.70. The molecule has 1 aliphatic rings. The molecule has 5 rings (SSSR count). The molecule has 0 radical (unpaired) electrons. The molecule has 1 unspecified atom stereocenters. The van der Waals surface area contributed by atoms with Crippen LogP contribution in [-0.2, 0) is 5.60 Å². The molecule has 168 valence electrons. The summed E-state index contributed by atoms with van der Waals surface area (Å²) in [5.41, 5.74) is 3.54. The Morgan fingerprint density at radius 1 is 0.676 bits per heavy atom. The zero-order valence-electron chi connectivity index (χ0n) is 18.6. The monoisotopic (exact) mass is 447 g/mol. The number of benzene rings is 4. The molecule has 1 N–H and O–H groups in total. The van der Waals surface area contributed by atoms with Gasteiger partial charge in [0.2, 0.25) is 0 Å². The lowest BCUT2D eigenvalue weighted by Crippen LogP contribution is -2.37. The van der Waals surface area contributed by atoms with Crippen molar-refractivity contribution in [3.8, 4) is 0 Å². The Bertz CT molecular complexity index is 1180.